The Morgan fingerprint density at radius 2 is 2.07 bits per heavy atom. The molecule has 0 radical (unpaired) electrons. The molecule has 0 aromatic heterocycles. The van der Waals surface area contributed by atoms with E-state index in [2.05, 4.69) is 6.07 Å². The number of rotatable bonds is 6. The first-order valence-corrected chi connectivity index (χ1v) is 5.79. The third-order valence-corrected chi connectivity index (χ3v) is 3.09. The van der Waals surface area contributed by atoms with Crippen molar-refractivity contribution in [3.8, 4) is 0 Å². The molecule has 0 aliphatic rings. The van der Waals surface area contributed by atoms with Gasteiger partial charge in [0.05, 0.1) is 0 Å². The van der Waals surface area contributed by atoms with Crippen LogP contribution in [0.15, 0.2) is 29.2 Å². The van der Waals surface area contributed by atoms with E-state index in [1.54, 1.807) is 7.11 Å². The molecule has 2 nitrogen and oxygen atoms in total. The van der Waals surface area contributed by atoms with Crippen LogP contribution in [0, 0.1) is 0 Å². The quantitative estimate of drug-likeness (QED) is 0.446. The summed E-state index contributed by atoms with van der Waals surface area (Å²) >= 11 is 1.82. The van der Waals surface area contributed by atoms with Gasteiger partial charge in [0, 0.05) is 24.3 Å². The van der Waals surface area contributed by atoms with Crippen molar-refractivity contribution in [3.05, 3.63) is 24.3 Å². The van der Waals surface area contributed by atoms with Gasteiger partial charge in [-0.2, -0.15) is 0 Å². The largest absolute Gasteiger partial charge is 0.398 e. The van der Waals surface area contributed by atoms with E-state index in [1.165, 1.54) is 11.3 Å². The Hall–Kier alpha value is -0.670. The molecule has 78 valence electrons. The number of thioether (sulfide) groups is 1. The molecule has 1 aromatic rings. The first-order chi connectivity index (χ1) is 6.84. The van der Waals surface area contributed by atoms with Gasteiger partial charge in [0.2, 0.25) is 0 Å². The Balaban J connectivity index is 2.21. The number of nitrogens with two attached hydrogens (primary N) is 1. The number of hydrogen-bond acceptors (Lipinski definition) is 3. The highest BCUT2D eigenvalue weighted by Gasteiger charge is 1.97. The molecule has 0 amide bonds. The highest BCUT2D eigenvalue weighted by atomic mass is 32.2. The van der Waals surface area contributed by atoms with Gasteiger partial charge in [0.25, 0.3) is 0 Å². The Morgan fingerprint density at radius 3 is 2.79 bits per heavy atom. The minimum absolute atomic E-state index is 0.852. The molecule has 1 rings (SSSR count). The fourth-order valence-corrected chi connectivity index (χ4v) is 2.12. The molecule has 0 heterocycles. The van der Waals surface area contributed by atoms with E-state index in [1.807, 2.05) is 30.0 Å². The van der Waals surface area contributed by atoms with Crippen molar-refractivity contribution in [2.24, 2.45) is 0 Å². The van der Waals surface area contributed by atoms with E-state index >= 15 is 0 Å². The summed E-state index contributed by atoms with van der Waals surface area (Å²) in [6.07, 6.45) is 2.29. The summed E-state index contributed by atoms with van der Waals surface area (Å²) in [7, 11) is 1.74. The smallest absolute Gasteiger partial charge is 0.0462 e. The topological polar surface area (TPSA) is 35.2 Å². The molecule has 0 saturated heterocycles. The minimum Gasteiger partial charge on any atom is -0.398 e. The summed E-state index contributed by atoms with van der Waals surface area (Å²) in [5.74, 6) is 1.11. The fraction of sp³-hybridized carbons (Fsp3) is 0.455. The number of para-hydroxylation sites is 1. The average Bonchev–Trinajstić information content (AvgIpc) is 2.20. The third kappa shape index (κ3) is 4.03. The van der Waals surface area contributed by atoms with Crippen molar-refractivity contribution < 1.29 is 4.74 Å². The van der Waals surface area contributed by atoms with Crippen LogP contribution in [0.2, 0.25) is 0 Å². The van der Waals surface area contributed by atoms with Gasteiger partial charge < -0.3 is 10.5 Å². The first-order valence-electron chi connectivity index (χ1n) is 4.81. The first kappa shape index (κ1) is 11.4. The van der Waals surface area contributed by atoms with Crippen LogP contribution in [-0.4, -0.2) is 19.5 Å². The lowest BCUT2D eigenvalue weighted by atomic mass is 10.3. The predicted molar refractivity (Wildman–Crippen MR) is 62.7 cm³/mol. The van der Waals surface area contributed by atoms with Crippen LogP contribution in [-0.2, 0) is 4.74 Å². The third-order valence-electron chi connectivity index (χ3n) is 1.92. The Bertz CT molecular complexity index is 265. The van der Waals surface area contributed by atoms with Gasteiger partial charge in [0.1, 0.15) is 0 Å². The maximum Gasteiger partial charge on any atom is 0.0462 e. The van der Waals surface area contributed by atoms with Crippen molar-refractivity contribution >= 4 is 17.4 Å². The zero-order valence-corrected chi connectivity index (χ0v) is 9.35. The van der Waals surface area contributed by atoms with E-state index in [0.29, 0.717) is 0 Å². The molecular weight excluding hydrogens is 194 g/mol. The highest BCUT2D eigenvalue weighted by molar-refractivity contribution is 7.99. The summed E-state index contributed by atoms with van der Waals surface area (Å²) in [4.78, 5) is 1.19. The van der Waals surface area contributed by atoms with Crippen LogP contribution < -0.4 is 5.73 Å². The molecule has 0 aliphatic heterocycles. The summed E-state index contributed by atoms with van der Waals surface area (Å²) < 4.78 is 4.98. The van der Waals surface area contributed by atoms with Crippen LogP contribution in [0.25, 0.3) is 0 Å². The number of benzene rings is 1. The molecule has 0 atom stereocenters. The molecule has 0 saturated carbocycles. The maximum absolute atomic E-state index is 5.82. The summed E-state index contributed by atoms with van der Waals surface area (Å²) in [6.45, 7) is 0.852. The van der Waals surface area contributed by atoms with Crippen molar-refractivity contribution in [1.82, 2.24) is 0 Å². The summed E-state index contributed by atoms with van der Waals surface area (Å²) in [5, 5.41) is 0. The standard InChI is InChI=1S/C11H17NOS/c1-13-8-4-5-9-14-11-7-3-2-6-10(11)12/h2-3,6-7H,4-5,8-9,12H2,1H3. The van der Waals surface area contributed by atoms with Crippen LogP contribution >= 0.6 is 11.8 Å². The number of ether oxygens (including phenoxy) is 1. The fourth-order valence-electron chi connectivity index (χ4n) is 1.14. The second-order valence-electron chi connectivity index (χ2n) is 3.09. The molecule has 0 fully saturated rings. The Labute approximate surface area is 89.8 Å². The second kappa shape index (κ2) is 6.74. The number of hydrogen-bond donors (Lipinski definition) is 1. The van der Waals surface area contributed by atoms with Gasteiger partial charge >= 0.3 is 0 Å². The van der Waals surface area contributed by atoms with Crippen LogP contribution in [0.3, 0.4) is 0 Å². The van der Waals surface area contributed by atoms with Gasteiger partial charge in [0.15, 0.2) is 0 Å². The van der Waals surface area contributed by atoms with Crippen LogP contribution in [0.1, 0.15) is 12.8 Å². The Kier molecular flexibility index (Phi) is 5.49. The minimum atomic E-state index is 0.852. The Morgan fingerprint density at radius 1 is 1.29 bits per heavy atom. The van der Waals surface area contributed by atoms with Crippen molar-refractivity contribution in [2.75, 3.05) is 25.2 Å². The van der Waals surface area contributed by atoms with Crippen LogP contribution in [0.5, 0.6) is 0 Å². The normalized spacial score (nSPS) is 10.4. The van der Waals surface area contributed by atoms with Crippen molar-refractivity contribution in [3.63, 3.8) is 0 Å². The number of unbranched alkanes of at least 4 members (excludes halogenated alkanes) is 1. The van der Waals surface area contributed by atoms with Gasteiger partial charge in [-0.15, -0.1) is 11.8 Å². The second-order valence-corrected chi connectivity index (χ2v) is 4.22. The molecule has 0 aliphatic carbocycles. The van der Waals surface area contributed by atoms with E-state index in [4.69, 9.17) is 10.5 Å². The van der Waals surface area contributed by atoms with Crippen molar-refractivity contribution in [2.45, 2.75) is 17.7 Å². The lowest BCUT2D eigenvalue weighted by Crippen LogP contribution is -1.91. The summed E-state index contributed by atoms with van der Waals surface area (Å²) in [6, 6.07) is 7.99. The number of anilines is 1. The lowest BCUT2D eigenvalue weighted by molar-refractivity contribution is 0.194. The molecule has 14 heavy (non-hydrogen) atoms. The number of nitrogen functional groups attached to an aromatic ring is 1. The molecule has 0 bridgehead atoms. The monoisotopic (exact) mass is 211 g/mol. The lowest BCUT2D eigenvalue weighted by Gasteiger charge is -2.04. The molecule has 0 unspecified atom stereocenters. The van der Waals surface area contributed by atoms with Crippen LogP contribution in [0.4, 0.5) is 5.69 Å². The molecule has 1 aromatic carbocycles. The molecule has 3 heteroatoms. The molecule has 0 spiro atoms. The van der Waals surface area contributed by atoms with Gasteiger partial charge in [-0.3, -0.25) is 0 Å². The van der Waals surface area contributed by atoms with E-state index in [-0.39, 0.29) is 0 Å². The zero-order valence-electron chi connectivity index (χ0n) is 8.53. The number of methoxy groups -OCH3 is 1. The van der Waals surface area contributed by atoms with Gasteiger partial charge in [-0.1, -0.05) is 12.1 Å². The van der Waals surface area contributed by atoms with Crippen molar-refractivity contribution in [1.29, 1.82) is 0 Å². The van der Waals surface area contributed by atoms with E-state index in [9.17, 15) is 0 Å². The summed E-state index contributed by atoms with van der Waals surface area (Å²) in [5.41, 5.74) is 6.69. The SMILES string of the molecule is COCCCCSc1ccccc1N. The molecular formula is C11H17NOS. The van der Waals surface area contributed by atoms with Gasteiger partial charge in [-0.05, 0) is 30.7 Å². The predicted octanol–water partition coefficient (Wildman–Crippen LogP) is 2.79. The zero-order chi connectivity index (χ0) is 10.2. The average molecular weight is 211 g/mol. The van der Waals surface area contributed by atoms with E-state index < -0.39 is 0 Å². The molecule has 2 N–H and O–H groups in total. The maximum atomic E-state index is 5.82. The van der Waals surface area contributed by atoms with Gasteiger partial charge in [-0.25, -0.2) is 0 Å². The highest BCUT2D eigenvalue weighted by Crippen LogP contribution is 2.24. The van der Waals surface area contributed by atoms with E-state index in [0.717, 1.165) is 24.5 Å².